The van der Waals surface area contributed by atoms with Gasteiger partial charge in [0.15, 0.2) is 18.2 Å². The Bertz CT molecular complexity index is 647. The van der Waals surface area contributed by atoms with Gasteiger partial charge in [0.05, 0.1) is 0 Å². The third kappa shape index (κ3) is 4.53. The standard InChI is InChI=1S/C15H11BrF2O3/c16-11-5-6-14(13(18)7-11)20-9-15(19)21-8-10-3-1-2-4-12(10)17/h1-7H,8-9H2. The number of carbonyl (C=O) groups excluding carboxylic acids is 1. The molecule has 0 fully saturated rings. The van der Waals surface area contributed by atoms with Gasteiger partial charge in [-0.3, -0.25) is 0 Å². The molecule has 0 saturated carbocycles. The smallest absolute Gasteiger partial charge is 0.344 e. The van der Waals surface area contributed by atoms with Crippen molar-refractivity contribution in [3.8, 4) is 5.75 Å². The second-order valence-corrected chi connectivity index (χ2v) is 5.03. The zero-order valence-corrected chi connectivity index (χ0v) is 12.4. The van der Waals surface area contributed by atoms with Crippen LogP contribution >= 0.6 is 15.9 Å². The van der Waals surface area contributed by atoms with Crippen LogP contribution in [0.4, 0.5) is 8.78 Å². The second-order valence-electron chi connectivity index (χ2n) is 4.12. The quantitative estimate of drug-likeness (QED) is 0.763. The number of rotatable bonds is 5. The van der Waals surface area contributed by atoms with Crippen LogP contribution in [-0.4, -0.2) is 12.6 Å². The largest absolute Gasteiger partial charge is 0.479 e. The summed E-state index contributed by atoms with van der Waals surface area (Å²) in [6.07, 6.45) is 0. The summed E-state index contributed by atoms with van der Waals surface area (Å²) < 4.78 is 37.2. The van der Waals surface area contributed by atoms with E-state index in [0.29, 0.717) is 4.47 Å². The fraction of sp³-hybridized carbons (Fsp3) is 0.133. The molecule has 0 heterocycles. The number of carbonyl (C=O) groups is 1. The highest BCUT2D eigenvalue weighted by molar-refractivity contribution is 9.10. The van der Waals surface area contributed by atoms with E-state index in [0.717, 1.165) is 0 Å². The lowest BCUT2D eigenvalue weighted by Gasteiger charge is -2.08. The molecule has 2 aromatic carbocycles. The molecule has 2 rings (SSSR count). The van der Waals surface area contributed by atoms with Crippen LogP contribution in [0.1, 0.15) is 5.56 Å². The molecule has 0 aliphatic rings. The predicted octanol–water partition coefficient (Wildman–Crippen LogP) is 3.85. The molecule has 0 unspecified atom stereocenters. The number of ether oxygens (including phenoxy) is 2. The Morgan fingerprint density at radius 3 is 2.57 bits per heavy atom. The van der Waals surface area contributed by atoms with Crippen molar-refractivity contribution in [3.05, 3.63) is 64.1 Å². The van der Waals surface area contributed by atoms with Crippen LogP contribution in [0.15, 0.2) is 46.9 Å². The highest BCUT2D eigenvalue weighted by atomic mass is 79.9. The average molecular weight is 357 g/mol. The maximum absolute atomic E-state index is 13.4. The van der Waals surface area contributed by atoms with Crippen LogP contribution in [0.3, 0.4) is 0 Å². The molecule has 6 heteroatoms. The van der Waals surface area contributed by atoms with Gasteiger partial charge in [0.1, 0.15) is 12.4 Å². The molecule has 0 aliphatic heterocycles. The molecular formula is C15H11BrF2O3. The van der Waals surface area contributed by atoms with Crippen molar-refractivity contribution in [2.75, 3.05) is 6.61 Å². The predicted molar refractivity (Wildman–Crippen MR) is 75.8 cm³/mol. The molecule has 0 aliphatic carbocycles. The van der Waals surface area contributed by atoms with Crippen molar-refractivity contribution >= 4 is 21.9 Å². The van der Waals surface area contributed by atoms with Crippen LogP contribution in [0.5, 0.6) is 5.75 Å². The van der Waals surface area contributed by atoms with E-state index in [9.17, 15) is 13.6 Å². The molecule has 0 amide bonds. The summed E-state index contributed by atoms with van der Waals surface area (Å²) in [6.45, 7) is -0.648. The van der Waals surface area contributed by atoms with Gasteiger partial charge in [0, 0.05) is 10.0 Å². The Kier molecular flexibility index (Phi) is 5.27. The fourth-order valence-corrected chi connectivity index (χ4v) is 1.88. The molecule has 0 aromatic heterocycles. The van der Waals surface area contributed by atoms with Crippen molar-refractivity contribution in [2.24, 2.45) is 0 Å². The van der Waals surface area contributed by atoms with Gasteiger partial charge < -0.3 is 9.47 Å². The maximum atomic E-state index is 13.4. The SMILES string of the molecule is O=C(COc1ccc(Br)cc1F)OCc1ccccc1F. The number of hydrogen-bond donors (Lipinski definition) is 0. The number of esters is 1. The zero-order chi connectivity index (χ0) is 15.2. The zero-order valence-electron chi connectivity index (χ0n) is 10.8. The molecule has 0 radical (unpaired) electrons. The van der Waals surface area contributed by atoms with E-state index in [1.165, 1.54) is 24.3 Å². The topological polar surface area (TPSA) is 35.5 Å². The van der Waals surface area contributed by atoms with Gasteiger partial charge in [0.25, 0.3) is 0 Å². The lowest BCUT2D eigenvalue weighted by atomic mass is 10.2. The molecule has 0 spiro atoms. The van der Waals surface area contributed by atoms with Crippen molar-refractivity contribution in [1.29, 1.82) is 0 Å². The summed E-state index contributed by atoms with van der Waals surface area (Å²) in [5.41, 5.74) is 0.265. The highest BCUT2D eigenvalue weighted by Crippen LogP contribution is 2.21. The molecular weight excluding hydrogens is 346 g/mol. The van der Waals surface area contributed by atoms with Crippen LogP contribution < -0.4 is 4.74 Å². The van der Waals surface area contributed by atoms with E-state index in [-0.39, 0.29) is 17.9 Å². The lowest BCUT2D eigenvalue weighted by molar-refractivity contribution is -0.147. The van der Waals surface area contributed by atoms with Crippen LogP contribution in [0.25, 0.3) is 0 Å². The summed E-state index contributed by atoms with van der Waals surface area (Å²) >= 11 is 3.11. The summed E-state index contributed by atoms with van der Waals surface area (Å²) in [6, 6.07) is 10.2. The Balaban J connectivity index is 1.84. The maximum Gasteiger partial charge on any atom is 0.344 e. The summed E-state index contributed by atoms with van der Waals surface area (Å²) in [7, 11) is 0. The minimum atomic E-state index is -0.708. The molecule has 0 atom stereocenters. The Morgan fingerprint density at radius 1 is 1.10 bits per heavy atom. The first-order valence-corrected chi connectivity index (χ1v) is 6.82. The third-order valence-corrected chi connectivity index (χ3v) is 3.08. The van der Waals surface area contributed by atoms with Gasteiger partial charge in [-0.05, 0) is 24.3 Å². The highest BCUT2D eigenvalue weighted by Gasteiger charge is 2.09. The molecule has 0 bridgehead atoms. The fourth-order valence-electron chi connectivity index (χ4n) is 1.54. The van der Waals surface area contributed by atoms with Gasteiger partial charge in [0.2, 0.25) is 0 Å². The Morgan fingerprint density at radius 2 is 1.86 bits per heavy atom. The van der Waals surface area contributed by atoms with Crippen LogP contribution in [0, 0.1) is 11.6 Å². The van der Waals surface area contributed by atoms with E-state index in [1.54, 1.807) is 18.2 Å². The van der Waals surface area contributed by atoms with Gasteiger partial charge in [-0.1, -0.05) is 34.1 Å². The lowest BCUT2D eigenvalue weighted by Crippen LogP contribution is -2.15. The Labute approximate surface area is 128 Å². The molecule has 21 heavy (non-hydrogen) atoms. The monoisotopic (exact) mass is 356 g/mol. The van der Waals surface area contributed by atoms with Crippen LogP contribution in [-0.2, 0) is 16.1 Å². The first-order chi connectivity index (χ1) is 10.1. The van der Waals surface area contributed by atoms with E-state index in [2.05, 4.69) is 15.9 Å². The molecule has 2 aromatic rings. The van der Waals surface area contributed by atoms with E-state index in [1.807, 2.05) is 0 Å². The Hall–Kier alpha value is -1.95. The van der Waals surface area contributed by atoms with Gasteiger partial charge in [-0.15, -0.1) is 0 Å². The summed E-state index contributed by atoms with van der Waals surface area (Å²) in [5.74, 6) is -1.81. The van der Waals surface area contributed by atoms with Crippen molar-refractivity contribution in [1.82, 2.24) is 0 Å². The van der Waals surface area contributed by atoms with Gasteiger partial charge in [-0.2, -0.15) is 0 Å². The minimum absolute atomic E-state index is 0.0546. The van der Waals surface area contributed by atoms with E-state index >= 15 is 0 Å². The summed E-state index contributed by atoms with van der Waals surface area (Å²) in [5, 5.41) is 0. The molecule has 3 nitrogen and oxygen atoms in total. The second kappa shape index (κ2) is 7.17. The first-order valence-electron chi connectivity index (χ1n) is 6.03. The van der Waals surface area contributed by atoms with E-state index in [4.69, 9.17) is 9.47 Å². The van der Waals surface area contributed by atoms with Gasteiger partial charge >= 0.3 is 5.97 Å². The minimum Gasteiger partial charge on any atom is -0.479 e. The molecule has 0 saturated heterocycles. The molecule has 110 valence electrons. The average Bonchev–Trinajstić information content (AvgIpc) is 2.45. The van der Waals surface area contributed by atoms with Crippen molar-refractivity contribution < 1.29 is 23.0 Å². The normalized spacial score (nSPS) is 10.2. The number of benzene rings is 2. The van der Waals surface area contributed by atoms with Crippen molar-refractivity contribution in [3.63, 3.8) is 0 Å². The van der Waals surface area contributed by atoms with E-state index < -0.39 is 24.2 Å². The number of hydrogen-bond acceptors (Lipinski definition) is 3. The van der Waals surface area contributed by atoms with Gasteiger partial charge in [-0.25, -0.2) is 13.6 Å². The van der Waals surface area contributed by atoms with Crippen molar-refractivity contribution in [2.45, 2.75) is 6.61 Å². The van der Waals surface area contributed by atoms with Crippen LogP contribution in [0.2, 0.25) is 0 Å². The third-order valence-electron chi connectivity index (χ3n) is 2.59. The first kappa shape index (κ1) is 15.4. The number of halogens is 3. The molecule has 0 N–H and O–H groups in total. The summed E-state index contributed by atoms with van der Waals surface area (Å²) in [4.78, 5) is 11.5.